The van der Waals surface area contributed by atoms with Crippen LogP contribution in [0.3, 0.4) is 0 Å². The third-order valence-electron chi connectivity index (χ3n) is 4.42. The number of nitrogens with one attached hydrogen (secondary N) is 1. The number of fused-ring (bicyclic) bond motifs is 2. The third-order valence-corrected chi connectivity index (χ3v) is 10.0. The molecule has 0 saturated heterocycles. The van der Waals surface area contributed by atoms with Gasteiger partial charge in [0, 0.05) is 23.3 Å². The van der Waals surface area contributed by atoms with Crippen molar-refractivity contribution in [2.45, 2.75) is 0 Å². The fraction of sp³-hybridized carbons (Fsp3) is 0. The second-order valence-electron chi connectivity index (χ2n) is 6.07. The van der Waals surface area contributed by atoms with Crippen molar-refractivity contribution in [2.24, 2.45) is 0 Å². The number of carbonyl (C=O) groups excluding carboxylic acids is 2. The number of halogens is 4. The number of imide groups is 1. The highest BCUT2D eigenvalue weighted by atomic mass is 79.9. The van der Waals surface area contributed by atoms with Crippen LogP contribution in [0.1, 0.15) is 20.7 Å². The Kier molecular flexibility index (Phi) is 4.78. The first-order valence-electron chi connectivity index (χ1n) is 8.04. The van der Waals surface area contributed by atoms with Crippen LogP contribution >= 0.6 is 75.1 Å². The Labute approximate surface area is 201 Å². The Morgan fingerprint density at radius 3 is 2.10 bits per heavy atom. The van der Waals surface area contributed by atoms with Gasteiger partial charge in [-0.3, -0.25) is 9.59 Å². The largest absolute Gasteiger partial charge is 0.337 e. The van der Waals surface area contributed by atoms with Crippen LogP contribution in [-0.2, 0) is 0 Å². The maximum atomic E-state index is 13.1. The number of hydrogen-bond acceptors (Lipinski definition) is 5. The number of anilines is 1. The quantitative estimate of drug-likeness (QED) is 0.150. The van der Waals surface area contributed by atoms with Crippen LogP contribution < -0.4 is 4.90 Å². The first-order valence-corrected chi connectivity index (χ1v) is 12.1. The molecule has 1 N–H and O–H groups in total. The number of aromatic nitrogens is 3. The topological polar surface area (TPSA) is 79.0 Å². The summed E-state index contributed by atoms with van der Waals surface area (Å²) in [6.45, 7) is 0. The van der Waals surface area contributed by atoms with Crippen molar-refractivity contribution in [3.8, 4) is 11.5 Å². The van der Waals surface area contributed by atoms with Crippen molar-refractivity contribution < 1.29 is 9.59 Å². The lowest BCUT2D eigenvalue weighted by molar-refractivity contribution is 0.0925. The molecular weight excluding hydrogens is 656 g/mol. The number of amides is 2. The minimum Gasteiger partial charge on any atom is -0.337 e. The number of benzene rings is 2. The molecule has 0 radical (unpaired) electrons. The number of H-pyrrole nitrogens is 1. The molecule has 2 amide bonds. The molecule has 0 bridgehead atoms. The molecular formula is C18H6Br4N4O2S. The van der Waals surface area contributed by atoms with Crippen molar-refractivity contribution in [3.63, 3.8) is 0 Å². The van der Waals surface area contributed by atoms with Gasteiger partial charge in [0.2, 0.25) is 0 Å². The van der Waals surface area contributed by atoms with Crippen LogP contribution in [0.2, 0.25) is 0 Å². The minimum atomic E-state index is -0.434. The fourth-order valence-corrected chi connectivity index (χ4v) is 6.33. The molecule has 0 saturated carbocycles. The van der Waals surface area contributed by atoms with E-state index in [2.05, 4.69) is 78.7 Å². The number of carbonyl (C=O) groups is 2. The summed E-state index contributed by atoms with van der Waals surface area (Å²) in [5.41, 5.74) is 2.86. The molecule has 0 unspecified atom stereocenters. The molecule has 5 rings (SSSR count). The maximum absolute atomic E-state index is 13.1. The molecule has 4 aromatic rings. The Balaban J connectivity index is 1.59. The summed E-state index contributed by atoms with van der Waals surface area (Å²) in [4.78, 5) is 39.5. The highest BCUT2D eigenvalue weighted by Gasteiger charge is 2.43. The number of hydrogen-bond donors (Lipinski definition) is 1. The van der Waals surface area contributed by atoms with E-state index in [4.69, 9.17) is 0 Å². The molecule has 11 heteroatoms. The molecule has 0 aliphatic carbocycles. The minimum absolute atomic E-state index is 0.289. The predicted octanol–water partition coefficient (Wildman–Crippen LogP) is 6.54. The highest BCUT2D eigenvalue weighted by Crippen LogP contribution is 2.46. The molecule has 6 nitrogen and oxygen atoms in total. The zero-order valence-corrected chi connectivity index (χ0v) is 21.1. The van der Waals surface area contributed by atoms with E-state index in [0.717, 1.165) is 15.9 Å². The van der Waals surface area contributed by atoms with Gasteiger partial charge >= 0.3 is 0 Å². The van der Waals surface area contributed by atoms with Crippen LogP contribution in [0.5, 0.6) is 0 Å². The molecule has 29 heavy (non-hydrogen) atoms. The average Bonchev–Trinajstić information content (AvgIpc) is 3.40. The Hall–Kier alpha value is -1.40. The molecule has 2 aromatic heterocycles. The smallest absolute Gasteiger partial charge is 0.269 e. The van der Waals surface area contributed by atoms with E-state index in [1.807, 2.05) is 24.3 Å². The maximum Gasteiger partial charge on any atom is 0.269 e. The molecule has 2 aromatic carbocycles. The van der Waals surface area contributed by atoms with Gasteiger partial charge in [0.1, 0.15) is 5.69 Å². The van der Waals surface area contributed by atoms with E-state index in [0.29, 0.717) is 29.4 Å². The molecule has 0 fully saturated rings. The van der Waals surface area contributed by atoms with E-state index in [9.17, 15) is 9.59 Å². The number of para-hydroxylation sites is 2. The lowest BCUT2D eigenvalue weighted by atomic mass is 10.1. The highest BCUT2D eigenvalue weighted by molar-refractivity contribution is 9.15. The van der Waals surface area contributed by atoms with Crippen LogP contribution in [0.4, 0.5) is 5.13 Å². The molecule has 1 aliphatic rings. The number of rotatable bonds is 2. The summed E-state index contributed by atoms with van der Waals surface area (Å²) in [7, 11) is 0. The van der Waals surface area contributed by atoms with Crippen molar-refractivity contribution in [1.29, 1.82) is 0 Å². The van der Waals surface area contributed by atoms with Gasteiger partial charge in [0.25, 0.3) is 11.8 Å². The number of nitrogens with zero attached hydrogens (tertiary/aromatic N) is 3. The van der Waals surface area contributed by atoms with Crippen LogP contribution in [0, 0.1) is 0 Å². The lowest BCUT2D eigenvalue weighted by Gasteiger charge is -2.08. The predicted molar refractivity (Wildman–Crippen MR) is 126 cm³/mol. The zero-order valence-electron chi connectivity index (χ0n) is 14.0. The normalized spacial score (nSPS) is 13.6. The van der Waals surface area contributed by atoms with Crippen molar-refractivity contribution in [2.75, 3.05) is 4.90 Å². The first-order chi connectivity index (χ1) is 13.9. The zero-order chi connectivity index (χ0) is 20.4. The Morgan fingerprint density at radius 2 is 1.48 bits per heavy atom. The summed E-state index contributed by atoms with van der Waals surface area (Å²) in [6.07, 6.45) is 0. The summed E-state index contributed by atoms with van der Waals surface area (Å²) < 4.78 is 2.32. The summed E-state index contributed by atoms with van der Waals surface area (Å²) in [5.74, 6) is -0.286. The Morgan fingerprint density at radius 1 is 0.862 bits per heavy atom. The van der Waals surface area contributed by atoms with Crippen molar-refractivity contribution in [1.82, 2.24) is 15.0 Å². The van der Waals surface area contributed by atoms with Crippen molar-refractivity contribution in [3.05, 3.63) is 58.7 Å². The van der Waals surface area contributed by atoms with Gasteiger partial charge in [-0.05, 0) is 75.9 Å². The first kappa shape index (κ1) is 19.6. The summed E-state index contributed by atoms with van der Waals surface area (Å²) in [5, 5.41) is 2.06. The molecule has 0 atom stereocenters. The van der Waals surface area contributed by atoms with Crippen molar-refractivity contribution >= 4 is 103 Å². The van der Waals surface area contributed by atoms with Gasteiger partial charge in [-0.1, -0.05) is 12.1 Å². The molecule has 1 aliphatic heterocycles. The SMILES string of the molecule is O=C1c2c(Br)c(Br)c(Br)c(Br)c2C(=O)N1c1nc(-c2nc3ccccc3[nH]2)cs1. The molecule has 0 spiro atoms. The van der Waals surface area contributed by atoms with E-state index >= 15 is 0 Å². The van der Waals surface area contributed by atoms with E-state index in [1.54, 1.807) is 5.38 Å². The average molecular weight is 662 g/mol. The molecule has 144 valence electrons. The number of imidazole rings is 1. The molecule has 3 heterocycles. The van der Waals surface area contributed by atoms with E-state index < -0.39 is 11.8 Å². The van der Waals surface area contributed by atoms with Gasteiger partial charge in [-0.2, -0.15) is 0 Å². The van der Waals surface area contributed by atoms with E-state index in [1.165, 1.54) is 11.3 Å². The van der Waals surface area contributed by atoms with Gasteiger partial charge < -0.3 is 4.98 Å². The number of aromatic amines is 1. The second kappa shape index (κ2) is 7.09. The summed E-state index contributed by atoms with van der Waals surface area (Å²) in [6, 6.07) is 7.65. The standard InChI is InChI=1S/C18H6Br4N4O2S/c19-11-9-10(12(20)14(22)13(11)21)17(28)26(16(9)27)18-25-8(5-29-18)15-23-6-3-1-2-4-7(6)24-15/h1-5H,(H,23,24). The second-order valence-corrected chi connectivity index (χ2v) is 10.1. The van der Waals surface area contributed by atoms with Gasteiger partial charge in [0.15, 0.2) is 11.0 Å². The van der Waals surface area contributed by atoms with Gasteiger partial charge in [-0.25, -0.2) is 14.9 Å². The van der Waals surface area contributed by atoms with E-state index in [-0.39, 0.29) is 16.3 Å². The van der Waals surface area contributed by atoms with Gasteiger partial charge in [-0.15, -0.1) is 11.3 Å². The summed E-state index contributed by atoms with van der Waals surface area (Å²) >= 11 is 14.9. The lowest BCUT2D eigenvalue weighted by Crippen LogP contribution is -2.29. The van der Waals surface area contributed by atoms with Crippen LogP contribution in [-0.4, -0.2) is 26.8 Å². The van der Waals surface area contributed by atoms with Gasteiger partial charge in [0.05, 0.1) is 22.2 Å². The monoisotopic (exact) mass is 658 g/mol. The van der Waals surface area contributed by atoms with Crippen LogP contribution in [0.15, 0.2) is 47.5 Å². The van der Waals surface area contributed by atoms with Crippen LogP contribution in [0.25, 0.3) is 22.6 Å². The third kappa shape index (κ3) is 2.89. The Bertz CT molecular complexity index is 1280. The number of thiazole rings is 1. The fourth-order valence-electron chi connectivity index (χ4n) is 3.07.